The van der Waals surface area contributed by atoms with Crippen LogP contribution in [0.25, 0.3) is 16.6 Å². The highest BCUT2D eigenvalue weighted by Gasteiger charge is 2.20. The third kappa shape index (κ3) is 4.30. The molecule has 0 saturated heterocycles. The van der Waals surface area contributed by atoms with Gasteiger partial charge in [0.1, 0.15) is 10.8 Å². The van der Waals surface area contributed by atoms with Crippen LogP contribution in [0.4, 0.5) is 11.5 Å². The lowest BCUT2D eigenvalue weighted by atomic mass is 10.0. The van der Waals surface area contributed by atoms with Gasteiger partial charge in [0.25, 0.3) is 5.56 Å². The van der Waals surface area contributed by atoms with Gasteiger partial charge < -0.3 is 15.2 Å². The van der Waals surface area contributed by atoms with E-state index in [1.165, 1.54) is 11.3 Å². The molecule has 1 aliphatic rings. The number of rotatable bonds is 7. The molecule has 0 radical (unpaired) electrons. The Balaban J connectivity index is 1.51. The maximum Gasteiger partial charge on any atom is 0.283 e. The number of ether oxygens (including phenoxy) is 2. The SMILES string of the molecule is CCOc1ccc(Cc2nn3c(N)c(/C=C4\C(C)=Nc5ccccc54)c(=O)nc3s2)cc1OCC. The molecule has 3 heterocycles. The Kier molecular flexibility index (Phi) is 6.08. The van der Waals surface area contributed by atoms with Crippen LogP contribution in [0.1, 0.15) is 42.5 Å². The van der Waals surface area contributed by atoms with Gasteiger partial charge in [-0.25, -0.2) is 0 Å². The van der Waals surface area contributed by atoms with E-state index >= 15 is 0 Å². The summed E-state index contributed by atoms with van der Waals surface area (Å²) in [5.74, 6) is 1.67. The van der Waals surface area contributed by atoms with Gasteiger partial charge in [0, 0.05) is 23.3 Å². The number of fused-ring (bicyclic) bond motifs is 2. The van der Waals surface area contributed by atoms with Crippen molar-refractivity contribution in [3.05, 3.63) is 74.5 Å². The van der Waals surface area contributed by atoms with Crippen molar-refractivity contribution in [1.82, 2.24) is 14.6 Å². The molecular weight excluding hydrogens is 462 g/mol. The fourth-order valence-corrected chi connectivity index (χ4v) is 5.00. The topological polar surface area (TPSA) is 104 Å². The summed E-state index contributed by atoms with van der Waals surface area (Å²) >= 11 is 1.34. The molecule has 0 fully saturated rings. The molecule has 1 aliphatic heterocycles. The fourth-order valence-electron chi connectivity index (χ4n) is 4.07. The summed E-state index contributed by atoms with van der Waals surface area (Å²) in [6, 6.07) is 13.7. The first-order chi connectivity index (χ1) is 17.0. The molecule has 2 N–H and O–H groups in total. The number of aromatic nitrogens is 3. The maximum absolute atomic E-state index is 12.9. The first-order valence-electron chi connectivity index (χ1n) is 11.4. The van der Waals surface area contributed by atoms with Crippen LogP contribution in [0.3, 0.4) is 0 Å². The Morgan fingerprint density at radius 1 is 1.09 bits per heavy atom. The van der Waals surface area contributed by atoms with E-state index in [1.54, 1.807) is 10.6 Å². The van der Waals surface area contributed by atoms with Gasteiger partial charge in [0.15, 0.2) is 11.5 Å². The number of aliphatic imine (C=N–C) groups is 1. The zero-order valence-corrected chi connectivity index (χ0v) is 20.6. The van der Waals surface area contributed by atoms with Gasteiger partial charge in [-0.05, 0) is 50.6 Å². The minimum Gasteiger partial charge on any atom is -0.490 e. The maximum atomic E-state index is 12.9. The van der Waals surface area contributed by atoms with Crippen molar-refractivity contribution >= 4 is 45.2 Å². The molecule has 0 aliphatic carbocycles. The number of hydrogen-bond donors (Lipinski definition) is 1. The van der Waals surface area contributed by atoms with Crippen molar-refractivity contribution < 1.29 is 9.47 Å². The van der Waals surface area contributed by atoms with E-state index in [9.17, 15) is 4.79 Å². The summed E-state index contributed by atoms with van der Waals surface area (Å²) in [7, 11) is 0. The fraction of sp³-hybridized carbons (Fsp3) is 0.231. The molecule has 0 unspecified atom stereocenters. The second-order valence-electron chi connectivity index (χ2n) is 8.00. The quantitative estimate of drug-likeness (QED) is 0.403. The number of anilines is 1. The lowest BCUT2D eigenvalue weighted by Gasteiger charge is -2.11. The van der Waals surface area contributed by atoms with Crippen molar-refractivity contribution in [3.8, 4) is 11.5 Å². The normalized spacial score (nSPS) is 13.8. The van der Waals surface area contributed by atoms with Crippen LogP contribution in [0.5, 0.6) is 11.5 Å². The Morgan fingerprint density at radius 3 is 2.66 bits per heavy atom. The standard InChI is InChI=1S/C26H25N5O3S/c1-4-33-21-11-10-16(12-22(21)34-5-2)13-23-30-31-24(27)19(25(32)29-26(31)35-23)14-18-15(3)28-20-9-7-6-8-17(18)20/h6-12,14H,4-5,13,27H2,1-3H3/b18-14+. The highest BCUT2D eigenvalue weighted by Crippen LogP contribution is 2.36. The highest BCUT2D eigenvalue weighted by molar-refractivity contribution is 7.16. The van der Waals surface area contributed by atoms with Crippen molar-refractivity contribution in [2.24, 2.45) is 4.99 Å². The van der Waals surface area contributed by atoms with Crippen LogP contribution >= 0.6 is 11.3 Å². The van der Waals surface area contributed by atoms with Gasteiger partial charge in [-0.2, -0.15) is 14.6 Å². The molecule has 0 bridgehead atoms. The van der Waals surface area contributed by atoms with Crippen LogP contribution in [0, 0.1) is 0 Å². The third-order valence-electron chi connectivity index (χ3n) is 5.66. The number of para-hydroxylation sites is 1. The average Bonchev–Trinajstić information content (AvgIpc) is 3.38. The van der Waals surface area contributed by atoms with Gasteiger partial charge >= 0.3 is 0 Å². The number of nitrogen functional groups attached to an aromatic ring is 1. The number of nitrogens with zero attached hydrogens (tertiary/aromatic N) is 4. The Labute approximate surface area is 206 Å². The van der Waals surface area contributed by atoms with E-state index in [0.29, 0.717) is 41.7 Å². The highest BCUT2D eigenvalue weighted by atomic mass is 32.1. The van der Waals surface area contributed by atoms with Crippen molar-refractivity contribution in [3.63, 3.8) is 0 Å². The molecular formula is C26H25N5O3S. The first-order valence-corrected chi connectivity index (χ1v) is 12.2. The number of hydrogen-bond acceptors (Lipinski definition) is 8. The zero-order chi connectivity index (χ0) is 24.5. The molecule has 8 nitrogen and oxygen atoms in total. The summed E-state index contributed by atoms with van der Waals surface area (Å²) in [5, 5.41) is 5.44. The van der Waals surface area contributed by atoms with E-state index < -0.39 is 0 Å². The molecule has 0 atom stereocenters. The first kappa shape index (κ1) is 22.8. The van der Waals surface area contributed by atoms with E-state index in [1.807, 2.05) is 63.2 Å². The van der Waals surface area contributed by atoms with E-state index in [-0.39, 0.29) is 11.4 Å². The van der Waals surface area contributed by atoms with E-state index in [4.69, 9.17) is 15.2 Å². The molecule has 2 aromatic carbocycles. The van der Waals surface area contributed by atoms with Gasteiger partial charge in [-0.15, -0.1) is 0 Å². The van der Waals surface area contributed by atoms with Crippen LogP contribution in [-0.2, 0) is 6.42 Å². The predicted octanol–water partition coefficient (Wildman–Crippen LogP) is 4.77. The van der Waals surface area contributed by atoms with E-state index in [2.05, 4.69) is 15.1 Å². The lowest BCUT2D eigenvalue weighted by Crippen LogP contribution is -2.17. The minimum absolute atomic E-state index is 0.258. The lowest BCUT2D eigenvalue weighted by molar-refractivity contribution is 0.287. The molecule has 9 heteroatoms. The van der Waals surface area contributed by atoms with Crippen LogP contribution in [0.2, 0.25) is 0 Å². The molecule has 4 aromatic rings. The summed E-state index contributed by atoms with van der Waals surface area (Å²) in [4.78, 5) is 22.2. The monoisotopic (exact) mass is 487 g/mol. The van der Waals surface area contributed by atoms with Gasteiger partial charge in [0.05, 0.1) is 24.5 Å². The molecule has 5 rings (SSSR count). The second kappa shape index (κ2) is 9.34. The number of allylic oxidation sites excluding steroid dienone is 1. The predicted molar refractivity (Wildman–Crippen MR) is 140 cm³/mol. The van der Waals surface area contributed by atoms with Gasteiger partial charge in [0.2, 0.25) is 4.96 Å². The molecule has 35 heavy (non-hydrogen) atoms. The number of nitrogens with two attached hydrogens (primary N) is 1. The summed E-state index contributed by atoms with van der Waals surface area (Å²) < 4.78 is 12.9. The van der Waals surface area contributed by atoms with E-state index in [0.717, 1.165) is 33.1 Å². The van der Waals surface area contributed by atoms with Crippen molar-refractivity contribution in [2.45, 2.75) is 27.2 Å². The Hall–Kier alpha value is -3.98. The Morgan fingerprint density at radius 2 is 1.86 bits per heavy atom. The molecule has 178 valence electrons. The van der Waals surface area contributed by atoms with Gasteiger partial charge in [-0.3, -0.25) is 9.79 Å². The number of benzene rings is 2. The summed E-state index contributed by atoms with van der Waals surface area (Å²) in [6.45, 7) is 6.89. The molecule has 0 saturated carbocycles. The van der Waals surface area contributed by atoms with Crippen molar-refractivity contribution in [1.29, 1.82) is 0 Å². The smallest absolute Gasteiger partial charge is 0.283 e. The van der Waals surface area contributed by atoms with Gasteiger partial charge in [-0.1, -0.05) is 35.6 Å². The average molecular weight is 488 g/mol. The minimum atomic E-state index is -0.387. The molecule has 0 spiro atoms. The Bertz CT molecular complexity index is 1550. The van der Waals surface area contributed by atoms with Crippen LogP contribution < -0.4 is 20.8 Å². The second-order valence-corrected chi connectivity index (χ2v) is 9.04. The zero-order valence-electron chi connectivity index (χ0n) is 19.7. The third-order valence-corrected chi connectivity index (χ3v) is 6.57. The molecule has 0 amide bonds. The van der Waals surface area contributed by atoms with Crippen LogP contribution in [-0.4, -0.2) is 33.5 Å². The summed E-state index contributed by atoms with van der Waals surface area (Å²) in [5.41, 5.74) is 10.9. The summed E-state index contributed by atoms with van der Waals surface area (Å²) in [6.07, 6.45) is 2.31. The molecule has 2 aromatic heterocycles. The largest absolute Gasteiger partial charge is 0.490 e. The van der Waals surface area contributed by atoms with Crippen LogP contribution in [0.15, 0.2) is 52.3 Å². The van der Waals surface area contributed by atoms with Crippen molar-refractivity contribution in [2.75, 3.05) is 18.9 Å².